The van der Waals surface area contributed by atoms with E-state index in [1.807, 2.05) is 58.0 Å². The first-order chi connectivity index (χ1) is 15.1. The van der Waals surface area contributed by atoms with Gasteiger partial charge in [-0.3, -0.25) is 9.10 Å². The average Bonchev–Trinajstić information content (AvgIpc) is 2.74. The lowest BCUT2D eigenvalue weighted by molar-refractivity contribution is -0.114. The normalized spacial score (nSPS) is 11.4. The zero-order valence-electron chi connectivity index (χ0n) is 18.6. The van der Waals surface area contributed by atoms with Crippen molar-refractivity contribution in [2.45, 2.75) is 38.5 Å². The molecule has 0 unspecified atom stereocenters. The molecular weight excluding hydrogens is 444 g/mol. The van der Waals surface area contributed by atoms with Gasteiger partial charge < -0.3 is 5.32 Å². The number of hydrogen-bond donors (Lipinski definition) is 1. The van der Waals surface area contributed by atoms with Crippen LogP contribution in [-0.2, 0) is 14.8 Å². The van der Waals surface area contributed by atoms with Crippen molar-refractivity contribution in [2.24, 2.45) is 0 Å². The average molecular weight is 471 g/mol. The predicted octanol–water partition coefficient (Wildman–Crippen LogP) is 5.91. The van der Waals surface area contributed by atoms with Crippen LogP contribution in [-0.4, -0.2) is 20.9 Å². The van der Waals surface area contributed by atoms with Crippen molar-refractivity contribution in [3.05, 3.63) is 88.4 Å². The highest BCUT2D eigenvalue weighted by molar-refractivity contribution is 7.92. The molecule has 0 spiro atoms. The molecule has 5 nitrogen and oxygen atoms in total. The number of nitrogens with one attached hydrogen (secondary N) is 1. The third kappa shape index (κ3) is 5.31. The van der Waals surface area contributed by atoms with E-state index in [0.717, 1.165) is 26.7 Å². The van der Waals surface area contributed by atoms with Gasteiger partial charge in [0.2, 0.25) is 5.91 Å². The topological polar surface area (TPSA) is 66.5 Å². The molecule has 0 atom stereocenters. The molecule has 3 rings (SSSR count). The molecule has 1 amide bonds. The molecule has 0 radical (unpaired) electrons. The van der Waals surface area contributed by atoms with Crippen molar-refractivity contribution in [1.82, 2.24) is 0 Å². The van der Waals surface area contributed by atoms with Crippen molar-refractivity contribution in [3.63, 3.8) is 0 Å². The summed E-state index contributed by atoms with van der Waals surface area (Å²) in [6.45, 7) is 7.58. The highest BCUT2D eigenvalue weighted by atomic mass is 35.5. The molecule has 0 bridgehead atoms. The molecule has 0 saturated carbocycles. The highest BCUT2D eigenvalue weighted by Crippen LogP contribution is 2.29. The maximum atomic E-state index is 13.5. The summed E-state index contributed by atoms with van der Waals surface area (Å²) in [6.07, 6.45) is 0. The lowest BCUT2D eigenvalue weighted by atomic mass is 9.98. The number of carbonyl (C=O) groups is 1. The van der Waals surface area contributed by atoms with Gasteiger partial charge in [-0.05, 0) is 67.3 Å². The van der Waals surface area contributed by atoms with Crippen LogP contribution in [0.15, 0.2) is 71.6 Å². The van der Waals surface area contributed by atoms with Gasteiger partial charge in [0.1, 0.15) is 6.54 Å². The SMILES string of the molecule is Cc1ccc(N(CC(=O)Nc2c(C)cccc2C(C)C)S(=O)(=O)c2ccc(Cl)cc2)cc1. The fourth-order valence-electron chi connectivity index (χ4n) is 3.41. The number of aryl methyl sites for hydroxylation is 2. The molecule has 0 saturated heterocycles. The molecule has 0 aliphatic rings. The molecule has 3 aromatic carbocycles. The lowest BCUT2D eigenvalue weighted by Gasteiger charge is -2.25. The van der Waals surface area contributed by atoms with Crippen LogP contribution in [0.2, 0.25) is 5.02 Å². The van der Waals surface area contributed by atoms with Gasteiger partial charge in [0.05, 0.1) is 10.6 Å². The number of benzene rings is 3. The summed E-state index contributed by atoms with van der Waals surface area (Å²) in [6, 6.07) is 18.8. The Morgan fingerprint density at radius 3 is 2.19 bits per heavy atom. The van der Waals surface area contributed by atoms with E-state index in [2.05, 4.69) is 5.32 Å². The van der Waals surface area contributed by atoms with Gasteiger partial charge in [-0.2, -0.15) is 0 Å². The Balaban J connectivity index is 1.98. The molecule has 3 aromatic rings. The zero-order chi connectivity index (χ0) is 23.5. The Morgan fingerprint density at radius 1 is 0.969 bits per heavy atom. The van der Waals surface area contributed by atoms with Crippen molar-refractivity contribution >= 4 is 38.9 Å². The minimum atomic E-state index is -3.99. The van der Waals surface area contributed by atoms with Crippen LogP contribution in [0.25, 0.3) is 0 Å². The first kappa shape index (κ1) is 23.8. The van der Waals surface area contributed by atoms with E-state index in [1.54, 1.807) is 12.1 Å². The van der Waals surface area contributed by atoms with E-state index in [-0.39, 0.29) is 17.4 Å². The predicted molar refractivity (Wildman–Crippen MR) is 131 cm³/mol. The fourth-order valence-corrected chi connectivity index (χ4v) is 4.96. The quantitative estimate of drug-likeness (QED) is 0.466. The number of amides is 1. The third-order valence-corrected chi connectivity index (χ3v) is 7.24. The van der Waals surface area contributed by atoms with Gasteiger partial charge in [0.15, 0.2) is 0 Å². The molecule has 0 fully saturated rings. The first-order valence-electron chi connectivity index (χ1n) is 10.3. The highest BCUT2D eigenvalue weighted by Gasteiger charge is 2.27. The van der Waals surface area contributed by atoms with Gasteiger partial charge >= 0.3 is 0 Å². The Bertz CT molecular complexity index is 1200. The summed E-state index contributed by atoms with van der Waals surface area (Å²) in [4.78, 5) is 13.1. The summed E-state index contributed by atoms with van der Waals surface area (Å²) < 4.78 is 28.0. The second kappa shape index (κ2) is 9.76. The van der Waals surface area contributed by atoms with Gasteiger partial charge in [-0.25, -0.2) is 8.42 Å². The summed E-state index contributed by atoms with van der Waals surface area (Å²) >= 11 is 5.93. The van der Waals surface area contributed by atoms with Crippen LogP contribution in [0, 0.1) is 13.8 Å². The molecule has 32 heavy (non-hydrogen) atoms. The minimum absolute atomic E-state index is 0.0639. The number of halogens is 1. The monoisotopic (exact) mass is 470 g/mol. The van der Waals surface area contributed by atoms with Crippen molar-refractivity contribution in [3.8, 4) is 0 Å². The zero-order valence-corrected chi connectivity index (χ0v) is 20.2. The Morgan fingerprint density at radius 2 is 1.59 bits per heavy atom. The number of rotatable bonds is 7. The maximum Gasteiger partial charge on any atom is 0.264 e. The van der Waals surface area contributed by atoms with Crippen LogP contribution >= 0.6 is 11.6 Å². The van der Waals surface area contributed by atoms with Gasteiger partial charge in [-0.1, -0.05) is 61.3 Å². The number of carbonyl (C=O) groups excluding carboxylic acids is 1. The summed E-state index contributed by atoms with van der Waals surface area (Å²) in [5.74, 6) is -0.212. The Kier molecular flexibility index (Phi) is 7.26. The van der Waals surface area contributed by atoms with E-state index in [9.17, 15) is 13.2 Å². The minimum Gasteiger partial charge on any atom is -0.324 e. The van der Waals surface area contributed by atoms with E-state index < -0.39 is 15.9 Å². The number of anilines is 2. The van der Waals surface area contributed by atoms with Gasteiger partial charge in [0.25, 0.3) is 10.0 Å². The largest absolute Gasteiger partial charge is 0.324 e. The van der Waals surface area contributed by atoms with Crippen LogP contribution in [0.4, 0.5) is 11.4 Å². The van der Waals surface area contributed by atoms with Gasteiger partial charge in [-0.15, -0.1) is 0 Å². The molecule has 1 N–H and O–H groups in total. The van der Waals surface area contributed by atoms with Crippen molar-refractivity contribution in [1.29, 1.82) is 0 Å². The molecular formula is C25H27ClN2O3S. The van der Waals surface area contributed by atoms with Crippen molar-refractivity contribution < 1.29 is 13.2 Å². The van der Waals surface area contributed by atoms with Crippen LogP contribution in [0.1, 0.15) is 36.5 Å². The van der Waals surface area contributed by atoms with E-state index >= 15 is 0 Å². The van der Waals surface area contributed by atoms with E-state index in [0.29, 0.717) is 10.7 Å². The summed E-state index contributed by atoms with van der Waals surface area (Å²) in [7, 11) is -3.99. The lowest BCUT2D eigenvalue weighted by Crippen LogP contribution is -2.38. The fraction of sp³-hybridized carbons (Fsp3) is 0.240. The molecule has 0 heterocycles. The molecule has 0 aliphatic carbocycles. The first-order valence-corrected chi connectivity index (χ1v) is 12.2. The van der Waals surface area contributed by atoms with Crippen LogP contribution in [0.5, 0.6) is 0 Å². The van der Waals surface area contributed by atoms with Crippen molar-refractivity contribution in [2.75, 3.05) is 16.2 Å². The summed E-state index contributed by atoms with van der Waals surface area (Å²) in [5.41, 5.74) is 4.05. The van der Waals surface area contributed by atoms with E-state index in [4.69, 9.17) is 11.6 Å². The smallest absolute Gasteiger partial charge is 0.264 e. The second-order valence-corrected chi connectivity index (χ2v) is 10.3. The second-order valence-electron chi connectivity index (χ2n) is 8.04. The standard InChI is InChI=1S/C25H27ClN2O3S/c1-17(2)23-7-5-6-19(4)25(23)27-24(29)16-28(21-12-8-18(3)9-13-21)32(30,31)22-14-10-20(26)11-15-22/h5-15,17H,16H2,1-4H3,(H,27,29). The summed E-state index contributed by atoms with van der Waals surface area (Å²) in [5, 5.41) is 3.37. The van der Waals surface area contributed by atoms with Gasteiger partial charge in [0, 0.05) is 10.7 Å². The number of para-hydroxylation sites is 1. The number of sulfonamides is 1. The molecule has 168 valence electrons. The molecule has 0 aliphatic heterocycles. The Labute approximate surface area is 195 Å². The van der Waals surface area contributed by atoms with E-state index in [1.165, 1.54) is 24.3 Å². The number of nitrogens with zero attached hydrogens (tertiary/aromatic N) is 1. The Hall–Kier alpha value is -2.83. The third-order valence-electron chi connectivity index (χ3n) is 5.20. The van der Waals surface area contributed by atoms with Crippen LogP contribution < -0.4 is 9.62 Å². The molecule has 7 heteroatoms. The number of hydrogen-bond acceptors (Lipinski definition) is 3. The molecule has 0 aromatic heterocycles. The van der Waals surface area contributed by atoms with Crippen LogP contribution in [0.3, 0.4) is 0 Å². The maximum absolute atomic E-state index is 13.5.